The number of hydrogen-bond acceptors (Lipinski definition) is 5. The first kappa shape index (κ1) is 11.9. The summed E-state index contributed by atoms with van der Waals surface area (Å²) in [5.74, 6) is -0.0415. The van der Waals surface area contributed by atoms with E-state index in [1.54, 1.807) is 18.2 Å². The third-order valence-corrected chi connectivity index (χ3v) is 2.83. The summed E-state index contributed by atoms with van der Waals surface area (Å²) in [5.41, 5.74) is 5.47. The summed E-state index contributed by atoms with van der Waals surface area (Å²) in [6.45, 7) is 0. The average Bonchev–Trinajstić information content (AvgIpc) is 2.27. The lowest BCUT2D eigenvalue weighted by atomic mass is 10.2. The molecular weight excluding hydrogens is 309 g/mol. The molecule has 0 bridgehead atoms. The number of benzene rings is 1. The van der Waals surface area contributed by atoms with Crippen molar-refractivity contribution in [2.75, 3.05) is 5.73 Å². The normalized spacial score (nSPS) is 10.5. The van der Waals surface area contributed by atoms with Crippen molar-refractivity contribution in [3.8, 4) is 11.4 Å². The van der Waals surface area contributed by atoms with Crippen molar-refractivity contribution in [1.82, 2.24) is 14.7 Å². The van der Waals surface area contributed by atoms with Crippen LogP contribution in [0.15, 0.2) is 22.7 Å². The van der Waals surface area contributed by atoms with Gasteiger partial charge in [-0.15, -0.1) is 4.73 Å². The molecule has 0 aliphatic carbocycles. The fourth-order valence-electron chi connectivity index (χ4n) is 1.28. The Balaban J connectivity index is 2.76. The zero-order valence-corrected chi connectivity index (χ0v) is 10.7. The van der Waals surface area contributed by atoms with Crippen LogP contribution < -0.4 is 11.4 Å². The van der Waals surface area contributed by atoms with E-state index in [1.807, 2.05) is 0 Å². The van der Waals surface area contributed by atoms with Gasteiger partial charge < -0.3 is 10.9 Å². The van der Waals surface area contributed by atoms with E-state index in [9.17, 15) is 5.21 Å². The van der Waals surface area contributed by atoms with Crippen molar-refractivity contribution >= 4 is 33.5 Å². The first-order valence-corrected chi connectivity index (χ1v) is 5.62. The zero-order chi connectivity index (χ0) is 12.6. The molecule has 88 valence electrons. The van der Waals surface area contributed by atoms with Crippen LogP contribution >= 0.6 is 27.5 Å². The summed E-state index contributed by atoms with van der Waals surface area (Å²) in [6.07, 6.45) is 0. The topological polar surface area (TPSA) is 101 Å². The van der Waals surface area contributed by atoms with Crippen molar-refractivity contribution in [3.63, 3.8) is 0 Å². The molecule has 0 aliphatic rings. The Bertz CT molecular complexity index is 642. The summed E-state index contributed by atoms with van der Waals surface area (Å²) >= 11 is 9.28. The summed E-state index contributed by atoms with van der Waals surface area (Å²) < 4.78 is 1.28. The Morgan fingerprint density at radius 3 is 2.82 bits per heavy atom. The van der Waals surface area contributed by atoms with Gasteiger partial charge in [0.25, 0.3) is 5.62 Å². The minimum absolute atomic E-state index is 0.0637. The highest BCUT2D eigenvalue weighted by Gasteiger charge is 2.12. The molecule has 17 heavy (non-hydrogen) atoms. The van der Waals surface area contributed by atoms with Crippen LogP contribution in [-0.4, -0.2) is 19.9 Å². The summed E-state index contributed by atoms with van der Waals surface area (Å²) in [4.78, 5) is 7.36. The first-order chi connectivity index (χ1) is 7.99. The monoisotopic (exact) mass is 315 g/mol. The highest BCUT2D eigenvalue weighted by atomic mass is 79.9. The lowest BCUT2D eigenvalue weighted by Crippen LogP contribution is -2.25. The number of halogens is 2. The number of nitrogens with two attached hydrogens (primary N) is 1. The van der Waals surface area contributed by atoms with Crippen molar-refractivity contribution in [2.45, 2.75) is 0 Å². The largest absolute Gasteiger partial charge is 0.423 e. The molecule has 0 unspecified atom stereocenters. The van der Waals surface area contributed by atoms with Crippen LogP contribution in [0.1, 0.15) is 0 Å². The second-order valence-corrected chi connectivity index (χ2v) is 4.49. The average molecular weight is 317 g/mol. The molecule has 2 rings (SSSR count). The van der Waals surface area contributed by atoms with Gasteiger partial charge in [-0.2, -0.15) is 9.97 Å². The molecule has 0 saturated carbocycles. The molecule has 8 heteroatoms. The van der Waals surface area contributed by atoms with Crippen LogP contribution in [0.25, 0.3) is 11.4 Å². The Morgan fingerprint density at radius 2 is 2.12 bits per heavy atom. The minimum Gasteiger partial charge on any atom is -0.423 e. The highest BCUT2D eigenvalue weighted by molar-refractivity contribution is 9.10. The number of rotatable bonds is 1. The Hall–Kier alpha value is -1.60. The lowest BCUT2D eigenvalue weighted by molar-refractivity contribution is 0.166. The number of nitrogens with zero attached hydrogens (tertiary/aromatic N) is 3. The summed E-state index contributed by atoms with van der Waals surface area (Å²) in [5, 5.41) is 17.5. The van der Waals surface area contributed by atoms with Crippen LogP contribution in [0.2, 0.25) is 5.02 Å². The van der Waals surface area contributed by atoms with E-state index in [2.05, 4.69) is 25.9 Å². The smallest absolute Gasteiger partial charge is 0.260 e. The maximum Gasteiger partial charge on any atom is 0.260 e. The van der Waals surface area contributed by atoms with Crippen molar-refractivity contribution < 1.29 is 5.21 Å². The molecule has 1 aromatic carbocycles. The van der Waals surface area contributed by atoms with Gasteiger partial charge in [-0.1, -0.05) is 27.5 Å². The van der Waals surface area contributed by atoms with E-state index in [-0.39, 0.29) is 11.8 Å². The second kappa shape index (κ2) is 4.34. The highest BCUT2D eigenvalue weighted by Crippen LogP contribution is 2.28. The number of anilines is 1. The van der Waals surface area contributed by atoms with E-state index in [0.29, 0.717) is 15.3 Å². The third kappa shape index (κ3) is 2.25. The molecule has 1 aromatic heterocycles. The van der Waals surface area contributed by atoms with Crippen molar-refractivity contribution in [2.24, 2.45) is 0 Å². The second-order valence-electron chi connectivity index (χ2n) is 3.16. The van der Waals surface area contributed by atoms with Crippen LogP contribution in [0.4, 0.5) is 5.95 Å². The maximum absolute atomic E-state index is 9.67. The SMILES string of the molecule is N=c1nc(N)nc(-c2cc(Br)ccc2Cl)n1O. The van der Waals surface area contributed by atoms with Gasteiger partial charge in [0.1, 0.15) is 0 Å². The quantitative estimate of drug-likeness (QED) is 0.696. The molecule has 6 nitrogen and oxygen atoms in total. The Kier molecular flexibility index (Phi) is 3.03. The fourth-order valence-corrected chi connectivity index (χ4v) is 1.84. The predicted octanol–water partition coefficient (Wildman–Crippen LogP) is 1.66. The Labute approximate surface area is 109 Å². The Morgan fingerprint density at radius 1 is 1.41 bits per heavy atom. The van der Waals surface area contributed by atoms with Crippen molar-refractivity contribution in [3.05, 3.63) is 33.3 Å². The van der Waals surface area contributed by atoms with E-state index in [0.717, 1.165) is 4.47 Å². The standard InChI is InChI=1S/C9H7BrClN5O/c10-4-1-2-6(11)5(3-4)7-14-8(12)15-9(13)16(7)17/h1-3,17H,(H3,12,13,15). The van der Waals surface area contributed by atoms with Crippen LogP contribution in [0.5, 0.6) is 0 Å². The van der Waals surface area contributed by atoms with E-state index in [1.165, 1.54) is 0 Å². The molecule has 0 atom stereocenters. The van der Waals surface area contributed by atoms with Gasteiger partial charge in [0, 0.05) is 10.0 Å². The minimum atomic E-state index is -0.413. The molecule has 0 saturated heterocycles. The molecule has 2 aromatic rings. The molecule has 4 N–H and O–H groups in total. The number of aromatic nitrogens is 3. The van der Waals surface area contributed by atoms with Gasteiger partial charge >= 0.3 is 0 Å². The number of nitrogen functional groups attached to an aromatic ring is 1. The third-order valence-electron chi connectivity index (χ3n) is 2.01. The number of nitrogens with one attached hydrogen (secondary N) is 1. The summed E-state index contributed by atoms with van der Waals surface area (Å²) in [6, 6.07) is 5.05. The van der Waals surface area contributed by atoms with E-state index in [4.69, 9.17) is 22.7 Å². The molecule has 0 radical (unpaired) electrons. The van der Waals surface area contributed by atoms with Gasteiger partial charge in [-0.05, 0) is 18.2 Å². The maximum atomic E-state index is 9.67. The van der Waals surface area contributed by atoms with Crippen LogP contribution in [-0.2, 0) is 0 Å². The summed E-state index contributed by atoms with van der Waals surface area (Å²) in [7, 11) is 0. The zero-order valence-electron chi connectivity index (χ0n) is 8.35. The van der Waals surface area contributed by atoms with Crippen LogP contribution in [0, 0.1) is 5.41 Å². The molecule has 1 heterocycles. The number of hydrogen-bond donors (Lipinski definition) is 3. The van der Waals surface area contributed by atoms with Crippen molar-refractivity contribution in [1.29, 1.82) is 5.41 Å². The van der Waals surface area contributed by atoms with Gasteiger partial charge in [-0.25, -0.2) is 0 Å². The van der Waals surface area contributed by atoms with E-state index < -0.39 is 5.62 Å². The van der Waals surface area contributed by atoms with Gasteiger partial charge in [0.2, 0.25) is 5.95 Å². The first-order valence-electron chi connectivity index (χ1n) is 4.45. The fraction of sp³-hybridized carbons (Fsp3) is 0. The lowest BCUT2D eigenvalue weighted by Gasteiger charge is -2.08. The molecule has 0 amide bonds. The molecule has 0 fully saturated rings. The van der Waals surface area contributed by atoms with E-state index >= 15 is 0 Å². The van der Waals surface area contributed by atoms with Gasteiger partial charge in [0.05, 0.1) is 5.02 Å². The molecule has 0 spiro atoms. The van der Waals surface area contributed by atoms with Gasteiger partial charge in [-0.3, -0.25) is 5.41 Å². The van der Waals surface area contributed by atoms with Gasteiger partial charge in [0.15, 0.2) is 5.82 Å². The molecule has 0 aliphatic heterocycles. The molecular formula is C9H7BrClN5O. The van der Waals surface area contributed by atoms with Crippen LogP contribution in [0.3, 0.4) is 0 Å². The predicted molar refractivity (Wildman–Crippen MR) is 65.6 cm³/mol.